The molecule has 1 saturated carbocycles. The van der Waals surface area contributed by atoms with E-state index < -0.39 is 9.84 Å². The summed E-state index contributed by atoms with van der Waals surface area (Å²) in [6, 6.07) is 0. The van der Waals surface area contributed by atoms with Crippen LogP contribution in [0, 0.1) is 11.8 Å². The zero-order valence-corrected chi connectivity index (χ0v) is 18.5. The summed E-state index contributed by atoms with van der Waals surface area (Å²) in [5, 5.41) is 3.45. The van der Waals surface area contributed by atoms with Crippen LogP contribution in [0.2, 0.25) is 0 Å². The number of fused-ring (bicyclic) bond motifs is 1. The Labute approximate surface area is 169 Å². The minimum absolute atomic E-state index is 0. The molecule has 2 atom stereocenters. The molecule has 6 nitrogen and oxygen atoms in total. The maximum atomic E-state index is 11.5. The van der Waals surface area contributed by atoms with Gasteiger partial charge >= 0.3 is 0 Å². The monoisotopic (exact) mass is 484 g/mol. The van der Waals surface area contributed by atoms with Crippen molar-refractivity contribution in [3.05, 3.63) is 0 Å². The van der Waals surface area contributed by atoms with Crippen molar-refractivity contribution in [1.29, 1.82) is 0 Å². The van der Waals surface area contributed by atoms with E-state index in [-0.39, 0.29) is 24.0 Å². The second-order valence-electron chi connectivity index (χ2n) is 7.44. The minimum atomic E-state index is -2.79. The van der Waals surface area contributed by atoms with Gasteiger partial charge in [0.15, 0.2) is 15.8 Å². The van der Waals surface area contributed by atoms with Crippen LogP contribution in [0.5, 0.6) is 0 Å². The van der Waals surface area contributed by atoms with Gasteiger partial charge in [-0.15, -0.1) is 24.0 Å². The van der Waals surface area contributed by atoms with Crippen LogP contribution < -0.4 is 5.32 Å². The van der Waals surface area contributed by atoms with Gasteiger partial charge in [0.1, 0.15) is 0 Å². The third-order valence-electron chi connectivity index (χ3n) is 5.73. The molecule has 1 N–H and O–H groups in total. The standard InChI is InChI=1S/C17H32N4O2S.HI/c1-2-18-17(21-13-15-5-3-4-6-16(15)14-21)19-7-8-20-9-11-24(22,23)12-10-20;/h15-16H,2-14H2,1H3,(H,18,19);1H. The molecule has 146 valence electrons. The first-order chi connectivity index (χ1) is 11.6. The van der Waals surface area contributed by atoms with Crippen LogP contribution in [0.25, 0.3) is 0 Å². The van der Waals surface area contributed by atoms with Gasteiger partial charge in [-0.05, 0) is 31.6 Å². The predicted octanol–water partition coefficient (Wildman–Crippen LogP) is 1.42. The van der Waals surface area contributed by atoms with Crippen LogP contribution in [-0.2, 0) is 9.84 Å². The van der Waals surface area contributed by atoms with Crippen molar-refractivity contribution in [1.82, 2.24) is 15.1 Å². The molecule has 25 heavy (non-hydrogen) atoms. The molecule has 0 aromatic heterocycles. The Bertz CT molecular complexity index is 527. The van der Waals surface area contributed by atoms with Gasteiger partial charge in [-0.25, -0.2) is 8.42 Å². The Morgan fingerprint density at radius 3 is 2.28 bits per heavy atom. The fourth-order valence-corrected chi connectivity index (χ4v) is 5.55. The van der Waals surface area contributed by atoms with E-state index in [2.05, 4.69) is 22.0 Å². The van der Waals surface area contributed by atoms with Gasteiger partial charge < -0.3 is 10.2 Å². The Hall–Kier alpha value is -0.0900. The zero-order chi connectivity index (χ0) is 17.0. The molecule has 2 unspecified atom stereocenters. The normalized spacial score (nSPS) is 29.8. The fraction of sp³-hybridized carbons (Fsp3) is 0.941. The molecule has 0 aromatic rings. The van der Waals surface area contributed by atoms with E-state index >= 15 is 0 Å². The number of hydrogen-bond donors (Lipinski definition) is 1. The molecule has 0 amide bonds. The number of nitrogens with one attached hydrogen (secondary N) is 1. The lowest BCUT2D eigenvalue weighted by molar-refractivity contribution is 0.299. The first-order valence-corrected chi connectivity index (χ1v) is 11.4. The number of hydrogen-bond acceptors (Lipinski definition) is 4. The second-order valence-corrected chi connectivity index (χ2v) is 9.74. The largest absolute Gasteiger partial charge is 0.357 e. The number of guanidine groups is 1. The maximum Gasteiger partial charge on any atom is 0.193 e. The summed E-state index contributed by atoms with van der Waals surface area (Å²) in [5.41, 5.74) is 0. The van der Waals surface area contributed by atoms with Gasteiger partial charge in [0.05, 0.1) is 18.1 Å². The first-order valence-electron chi connectivity index (χ1n) is 9.53. The summed E-state index contributed by atoms with van der Waals surface area (Å²) in [6.07, 6.45) is 5.53. The average molecular weight is 484 g/mol. The lowest BCUT2D eigenvalue weighted by Gasteiger charge is -2.26. The lowest BCUT2D eigenvalue weighted by Crippen LogP contribution is -2.43. The van der Waals surface area contributed by atoms with Gasteiger partial charge in [-0.2, -0.15) is 0 Å². The van der Waals surface area contributed by atoms with Gasteiger partial charge in [-0.1, -0.05) is 12.8 Å². The lowest BCUT2D eigenvalue weighted by atomic mass is 9.82. The van der Waals surface area contributed by atoms with E-state index in [9.17, 15) is 8.42 Å². The smallest absolute Gasteiger partial charge is 0.193 e. The Kier molecular flexibility index (Phi) is 8.26. The van der Waals surface area contributed by atoms with Crippen molar-refractivity contribution in [2.24, 2.45) is 16.8 Å². The van der Waals surface area contributed by atoms with Crippen LogP contribution in [0.1, 0.15) is 32.6 Å². The highest BCUT2D eigenvalue weighted by Crippen LogP contribution is 2.35. The maximum absolute atomic E-state index is 11.5. The fourth-order valence-electron chi connectivity index (χ4n) is 4.28. The molecule has 0 aromatic carbocycles. The van der Waals surface area contributed by atoms with Crippen molar-refractivity contribution in [3.63, 3.8) is 0 Å². The summed E-state index contributed by atoms with van der Waals surface area (Å²) < 4.78 is 23.0. The highest BCUT2D eigenvalue weighted by molar-refractivity contribution is 14.0. The highest BCUT2D eigenvalue weighted by atomic mass is 127. The van der Waals surface area contributed by atoms with Crippen molar-refractivity contribution in [2.45, 2.75) is 32.6 Å². The SMILES string of the molecule is CCNC(=NCCN1CCS(=O)(=O)CC1)N1CC2CCCCC2C1.I. The van der Waals surface area contributed by atoms with Crippen LogP contribution in [-0.4, -0.2) is 81.5 Å². The van der Waals surface area contributed by atoms with E-state index in [1.807, 2.05) is 0 Å². The zero-order valence-electron chi connectivity index (χ0n) is 15.3. The number of halogens is 1. The molecule has 2 heterocycles. The van der Waals surface area contributed by atoms with Gasteiger partial charge in [-0.3, -0.25) is 9.89 Å². The molecule has 0 spiro atoms. The number of sulfone groups is 1. The number of likely N-dealkylation sites (tertiary alicyclic amines) is 1. The average Bonchev–Trinajstić information content (AvgIpc) is 2.99. The summed E-state index contributed by atoms with van der Waals surface area (Å²) in [4.78, 5) is 9.49. The predicted molar refractivity (Wildman–Crippen MR) is 114 cm³/mol. The minimum Gasteiger partial charge on any atom is -0.357 e. The molecule has 0 radical (unpaired) electrons. The summed E-state index contributed by atoms with van der Waals surface area (Å²) in [7, 11) is -2.79. The number of aliphatic imine (C=N–C) groups is 1. The molecule has 3 aliphatic rings. The van der Waals surface area contributed by atoms with Crippen molar-refractivity contribution in [2.75, 3.05) is 57.3 Å². The Morgan fingerprint density at radius 2 is 1.72 bits per heavy atom. The number of rotatable bonds is 4. The van der Waals surface area contributed by atoms with E-state index in [1.165, 1.54) is 25.7 Å². The van der Waals surface area contributed by atoms with E-state index in [0.717, 1.165) is 50.5 Å². The molecular weight excluding hydrogens is 451 g/mol. The Morgan fingerprint density at radius 1 is 1.12 bits per heavy atom. The molecule has 2 aliphatic heterocycles. The van der Waals surface area contributed by atoms with Gasteiger partial charge in [0.2, 0.25) is 0 Å². The topological polar surface area (TPSA) is 65.0 Å². The molecule has 1 aliphatic carbocycles. The van der Waals surface area contributed by atoms with Crippen molar-refractivity contribution in [3.8, 4) is 0 Å². The Balaban J connectivity index is 0.00000225. The third kappa shape index (κ3) is 5.95. The molecule has 3 rings (SSSR count). The van der Waals surface area contributed by atoms with Gasteiger partial charge in [0.25, 0.3) is 0 Å². The van der Waals surface area contributed by atoms with Crippen molar-refractivity contribution >= 4 is 39.8 Å². The van der Waals surface area contributed by atoms with Crippen LogP contribution >= 0.6 is 24.0 Å². The van der Waals surface area contributed by atoms with Crippen LogP contribution in [0.4, 0.5) is 0 Å². The molecule has 8 heteroatoms. The first kappa shape index (κ1) is 21.2. The van der Waals surface area contributed by atoms with Gasteiger partial charge in [0, 0.05) is 39.3 Å². The molecule has 2 saturated heterocycles. The molecular formula is C17H33IN4O2S. The van der Waals surface area contributed by atoms with E-state index in [0.29, 0.717) is 24.6 Å². The number of nitrogens with zero attached hydrogens (tertiary/aromatic N) is 3. The summed E-state index contributed by atoms with van der Waals surface area (Å²) in [5.74, 6) is 3.36. The van der Waals surface area contributed by atoms with Crippen LogP contribution in [0.3, 0.4) is 0 Å². The summed E-state index contributed by atoms with van der Waals surface area (Å²) in [6.45, 7) is 8.22. The van der Waals surface area contributed by atoms with E-state index in [4.69, 9.17) is 4.99 Å². The van der Waals surface area contributed by atoms with Crippen LogP contribution in [0.15, 0.2) is 4.99 Å². The molecule has 3 fully saturated rings. The second kappa shape index (κ2) is 9.73. The highest BCUT2D eigenvalue weighted by Gasteiger charge is 2.35. The summed E-state index contributed by atoms with van der Waals surface area (Å²) >= 11 is 0. The van der Waals surface area contributed by atoms with Crippen molar-refractivity contribution < 1.29 is 8.42 Å². The third-order valence-corrected chi connectivity index (χ3v) is 7.33. The molecule has 0 bridgehead atoms. The quantitative estimate of drug-likeness (QED) is 0.372. The van der Waals surface area contributed by atoms with E-state index in [1.54, 1.807) is 0 Å².